The number of esters is 1. The minimum atomic E-state index is -3.84. The van der Waals surface area contributed by atoms with Gasteiger partial charge in [0.1, 0.15) is 10.6 Å². The van der Waals surface area contributed by atoms with Crippen molar-refractivity contribution in [2.45, 2.75) is 44.9 Å². The highest BCUT2D eigenvalue weighted by Crippen LogP contribution is 2.63. The van der Waals surface area contributed by atoms with Gasteiger partial charge >= 0.3 is 5.97 Å². The first-order valence-electron chi connectivity index (χ1n) is 10.5. The van der Waals surface area contributed by atoms with Crippen LogP contribution in [0.25, 0.3) is 0 Å². The van der Waals surface area contributed by atoms with Crippen LogP contribution in [-0.4, -0.2) is 58.1 Å². The number of hydrogen-bond acceptors (Lipinski definition) is 7. The molecule has 2 atom stereocenters. The number of fused-ring (bicyclic) bond motifs is 2. The SMILES string of the molecule is COc1ccc(C(=O)OCC(=O)N/N=C2\CC3CCC2(C)C3(C)C)cc1S(=O)(=O)N(C)C. The first-order valence-corrected chi connectivity index (χ1v) is 11.9. The summed E-state index contributed by atoms with van der Waals surface area (Å²) in [6.07, 6.45) is 3.07. The summed E-state index contributed by atoms with van der Waals surface area (Å²) in [4.78, 5) is 24.5. The normalized spacial score (nSPS) is 25.2. The van der Waals surface area contributed by atoms with Gasteiger partial charge in [-0.1, -0.05) is 20.8 Å². The maximum atomic E-state index is 12.5. The highest BCUT2D eigenvalue weighted by atomic mass is 32.2. The van der Waals surface area contributed by atoms with Crippen molar-refractivity contribution in [1.29, 1.82) is 0 Å². The zero-order valence-electron chi connectivity index (χ0n) is 19.4. The summed E-state index contributed by atoms with van der Waals surface area (Å²) in [5.74, 6) is -0.710. The zero-order chi connectivity index (χ0) is 23.9. The summed E-state index contributed by atoms with van der Waals surface area (Å²) in [6, 6.07) is 3.93. The van der Waals surface area contributed by atoms with Crippen LogP contribution < -0.4 is 10.2 Å². The molecule has 2 fully saturated rings. The van der Waals surface area contributed by atoms with Gasteiger partial charge < -0.3 is 9.47 Å². The van der Waals surface area contributed by atoms with Gasteiger partial charge in [-0.2, -0.15) is 5.10 Å². The van der Waals surface area contributed by atoms with E-state index in [1.54, 1.807) is 0 Å². The van der Waals surface area contributed by atoms with Crippen molar-refractivity contribution in [3.63, 3.8) is 0 Å². The van der Waals surface area contributed by atoms with E-state index >= 15 is 0 Å². The lowest BCUT2D eigenvalue weighted by Gasteiger charge is -2.34. The van der Waals surface area contributed by atoms with Crippen molar-refractivity contribution in [2.24, 2.45) is 21.8 Å². The number of methoxy groups -OCH3 is 1. The molecule has 1 amide bonds. The first-order chi connectivity index (χ1) is 14.8. The number of carbonyl (C=O) groups is 2. The molecule has 1 aromatic rings. The van der Waals surface area contributed by atoms with Gasteiger partial charge in [0.05, 0.1) is 12.7 Å². The molecular formula is C22H31N3O6S. The molecule has 1 N–H and O–H groups in total. The summed E-state index contributed by atoms with van der Waals surface area (Å²) in [6.45, 7) is 6.15. The van der Waals surface area contributed by atoms with Crippen LogP contribution in [0.15, 0.2) is 28.2 Å². The number of hydrazone groups is 1. The molecule has 0 spiro atoms. The van der Waals surface area contributed by atoms with Gasteiger partial charge in [0.15, 0.2) is 6.61 Å². The monoisotopic (exact) mass is 465 g/mol. The highest BCUT2D eigenvalue weighted by molar-refractivity contribution is 7.89. The van der Waals surface area contributed by atoms with E-state index in [0.717, 1.165) is 22.9 Å². The molecule has 9 nitrogen and oxygen atoms in total. The molecule has 2 unspecified atom stereocenters. The van der Waals surface area contributed by atoms with E-state index in [9.17, 15) is 18.0 Å². The standard InChI is InChI=1S/C22H31N3O6S/c1-21(2)15-9-10-22(21,3)18(12-15)23-24-19(26)13-31-20(27)14-7-8-16(30-6)17(11-14)32(28,29)25(4)5/h7-8,11,15H,9-10,12-13H2,1-6H3,(H,24,26)/b23-18+. The third kappa shape index (κ3) is 4.01. The molecule has 2 aliphatic rings. The Morgan fingerprint density at radius 2 is 1.94 bits per heavy atom. The Balaban J connectivity index is 1.65. The van der Waals surface area contributed by atoms with Crippen molar-refractivity contribution < 1.29 is 27.5 Å². The Bertz CT molecular complexity index is 1060. The van der Waals surface area contributed by atoms with Crippen LogP contribution in [-0.2, 0) is 19.6 Å². The predicted molar refractivity (Wildman–Crippen MR) is 119 cm³/mol. The van der Waals surface area contributed by atoms with Crippen LogP contribution >= 0.6 is 0 Å². The molecule has 0 aliphatic heterocycles. The van der Waals surface area contributed by atoms with Crippen molar-refractivity contribution in [2.75, 3.05) is 27.8 Å². The minimum absolute atomic E-state index is 0.00676. The molecule has 2 aliphatic carbocycles. The third-order valence-corrected chi connectivity index (χ3v) is 9.16. The Morgan fingerprint density at radius 1 is 1.25 bits per heavy atom. The van der Waals surface area contributed by atoms with Crippen LogP contribution in [0.2, 0.25) is 0 Å². The largest absolute Gasteiger partial charge is 0.495 e. The van der Waals surface area contributed by atoms with E-state index in [0.29, 0.717) is 5.92 Å². The lowest BCUT2D eigenvalue weighted by atomic mass is 9.70. The Kier molecular flexibility index (Phi) is 6.41. The molecule has 0 aromatic heterocycles. The Hall–Kier alpha value is -2.46. The second kappa shape index (κ2) is 8.47. The van der Waals surface area contributed by atoms with Crippen molar-refractivity contribution >= 4 is 27.6 Å². The maximum Gasteiger partial charge on any atom is 0.338 e. The molecule has 2 saturated carbocycles. The molecule has 1 aromatic carbocycles. The fourth-order valence-electron chi connectivity index (χ4n) is 4.68. The number of carbonyl (C=O) groups excluding carboxylic acids is 2. The van der Waals surface area contributed by atoms with Crippen molar-refractivity contribution in [3.05, 3.63) is 23.8 Å². The summed E-state index contributed by atoms with van der Waals surface area (Å²) < 4.78 is 36.2. The fraction of sp³-hybridized carbons (Fsp3) is 0.591. The number of sulfonamides is 1. The van der Waals surface area contributed by atoms with E-state index < -0.39 is 28.5 Å². The Morgan fingerprint density at radius 3 is 2.47 bits per heavy atom. The molecule has 32 heavy (non-hydrogen) atoms. The molecule has 10 heteroatoms. The number of ether oxygens (including phenoxy) is 2. The van der Waals surface area contributed by atoms with Gasteiger partial charge in [-0.05, 0) is 48.8 Å². The molecule has 0 heterocycles. The minimum Gasteiger partial charge on any atom is -0.495 e. The molecule has 0 radical (unpaired) electrons. The van der Waals surface area contributed by atoms with Gasteiger partial charge in [-0.15, -0.1) is 0 Å². The fourth-order valence-corrected chi connectivity index (χ4v) is 5.75. The number of nitrogens with zero attached hydrogens (tertiary/aromatic N) is 2. The van der Waals surface area contributed by atoms with Crippen LogP contribution in [0, 0.1) is 16.7 Å². The second-order valence-corrected chi connectivity index (χ2v) is 11.4. The molecule has 0 saturated heterocycles. The number of hydrogen-bond donors (Lipinski definition) is 1. The highest BCUT2D eigenvalue weighted by Gasteiger charge is 2.60. The van der Waals surface area contributed by atoms with E-state index in [-0.39, 0.29) is 27.0 Å². The second-order valence-electron chi connectivity index (χ2n) is 9.32. The lowest BCUT2D eigenvalue weighted by Crippen LogP contribution is -2.35. The quantitative estimate of drug-likeness (QED) is 0.489. The zero-order valence-corrected chi connectivity index (χ0v) is 20.2. The Labute approximate surface area is 189 Å². The van der Waals surface area contributed by atoms with E-state index in [1.165, 1.54) is 45.8 Å². The topological polar surface area (TPSA) is 114 Å². The van der Waals surface area contributed by atoms with Crippen LogP contribution in [0.4, 0.5) is 0 Å². The number of rotatable bonds is 7. The van der Waals surface area contributed by atoms with E-state index in [1.807, 2.05) is 0 Å². The molecule has 3 rings (SSSR count). The maximum absolute atomic E-state index is 12.5. The number of amides is 1. The summed E-state index contributed by atoms with van der Waals surface area (Å²) >= 11 is 0. The average Bonchev–Trinajstić information content (AvgIpc) is 3.08. The number of nitrogens with one attached hydrogen (secondary N) is 1. The smallest absolute Gasteiger partial charge is 0.338 e. The van der Waals surface area contributed by atoms with E-state index in [4.69, 9.17) is 9.47 Å². The van der Waals surface area contributed by atoms with Gasteiger partial charge in [0.25, 0.3) is 5.91 Å². The van der Waals surface area contributed by atoms with E-state index in [2.05, 4.69) is 31.3 Å². The third-order valence-electron chi connectivity index (χ3n) is 7.32. The summed E-state index contributed by atoms with van der Waals surface area (Å²) in [5, 5.41) is 4.34. The van der Waals surface area contributed by atoms with Gasteiger partial charge in [0.2, 0.25) is 10.0 Å². The van der Waals surface area contributed by atoms with Gasteiger partial charge in [-0.25, -0.2) is 22.9 Å². The van der Waals surface area contributed by atoms with Crippen LogP contribution in [0.1, 0.15) is 50.4 Å². The average molecular weight is 466 g/mol. The van der Waals surface area contributed by atoms with Gasteiger partial charge in [0, 0.05) is 25.2 Å². The van der Waals surface area contributed by atoms with Crippen molar-refractivity contribution in [3.8, 4) is 5.75 Å². The molecule has 2 bridgehead atoms. The van der Waals surface area contributed by atoms with Crippen molar-refractivity contribution in [1.82, 2.24) is 9.73 Å². The summed E-state index contributed by atoms with van der Waals surface area (Å²) in [5.41, 5.74) is 3.57. The summed E-state index contributed by atoms with van der Waals surface area (Å²) in [7, 11) is 0.254. The molecular weight excluding hydrogens is 434 g/mol. The first kappa shape index (κ1) is 24.2. The molecule has 176 valence electrons. The van der Waals surface area contributed by atoms with Crippen LogP contribution in [0.5, 0.6) is 5.75 Å². The number of benzene rings is 1. The lowest BCUT2D eigenvalue weighted by molar-refractivity contribution is -0.124. The predicted octanol–water partition coefficient (Wildman–Crippen LogP) is 2.42. The van der Waals surface area contributed by atoms with Crippen LogP contribution in [0.3, 0.4) is 0 Å². The van der Waals surface area contributed by atoms with Gasteiger partial charge in [-0.3, -0.25) is 4.79 Å².